The van der Waals surface area contributed by atoms with Gasteiger partial charge in [-0.05, 0) is 43.3 Å². The van der Waals surface area contributed by atoms with Gasteiger partial charge in [-0.3, -0.25) is 14.9 Å². The first-order valence-electron chi connectivity index (χ1n) is 8.49. The van der Waals surface area contributed by atoms with Crippen molar-refractivity contribution in [1.82, 2.24) is 0 Å². The Kier molecular flexibility index (Phi) is 7.14. The van der Waals surface area contributed by atoms with Crippen LogP contribution < -0.4 is 19.5 Å². The maximum absolute atomic E-state index is 12.5. The summed E-state index contributed by atoms with van der Waals surface area (Å²) in [6.07, 6.45) is 1.13. The van der Waals surface area contributed by atoms with Crippen molar-refractivity contribution in [2.45, 2.75) is 6.92 Å². The smallest absolute Gasteiger partial charge is 0.280 e. The molecule has 0 aliphatic heterocycles. The minimum atomic E-state index is -0.708. The molecule has 150 valence electrons. The van der Waals surface area contributed by atoms with Gasteiger partial charge in [-0.2, -0.15) is 5.26 Å². The molecule has 0 unspecified atom stereocenters. The van der Waals surface area contributed by atoms with E-state index in [1.54, 1.807) is 30.3 Å². The first kappa shape index (κ1) is 21.2. The van der Waals surface area contributed by atoms with Gasteiger partial charge in [0.25, 0.3) is 11.6 Å². The molecule has 0 fully saturated rings. The molecule has 2 rings (SSSR count). The molecule has 0 saturated carbocycles. The lowest BCUT2D eigenvalue weighted by Crippen LogP contribution is -2.13. The van der Waals surface area contributed by atoms with Crippen LogP contribution in [0.3, 0.4) is 0 Å². The Bertz CT molecular complexity index is 977. The van der Waals surface area contributed by atoms with Crippen LogP contribution >= 0.6 is 0 Å². The number of carbonyl (C=O) groups is 1. The van der Waals surface area contributed by atoms with E-state index < -0.39 is 10.8 Å². The highest BCUT2D eigenvalue weighted by atomic mass is 16.6. The largest absolute Gasteiger partial charge is 0.494 e. The number of ether oxygens (including phenoxy) is 3. The molecule has 1 N–H and O–H groups in total. The van der Waals surface area contributed by atoms with Crippen LogP contribution in [0.4, 0.5) is 11.4 Å². The number of nitro groups is 1. The number of nitrogens with one attached hydrogen (secondary N) is 1. The fourth-order valence-corrected chi connectivity index (χ4v) is 2.46. The quantitative estimate of drug-likeness (QED) is 0.312. The van der Waals surface area contributed by atoms with E-state index in [1.807, 2.05) is 6.92 Å². The first-order valence-corrected chi connectivity index (χ1v) is 8.49. The van der Waals surface area contributed by atoms with Crippen molar-refractivity contribution < 1.29 is 23.9 Å². The lowest BCUT2D eigenvalue weighted by molar-refractivity contribution is -0.385. The summed E-state index contributed by atoms with van der Waals surface area (Å²) in [6, 6.07) is 10.9. The van der Waals surface area contributed by atoms with E-state index >= 15 is 0 Å². The molecular weight excluding hydrogens is 378 g/mol. The Labute approximate surface area is 167 Å². The number of nitrogens with zero attached hydrogens (tertiary/aromatic N) is 2. The van der Waals surface area contributed by atoms with E-state index in [9.17, 15) is 20.2 Å². The molecule has 0 aromatic heterocycles. The van der Waals surface area contributed by atoms with Crippen LogP contribution in [0, 0.1) is 21.4 Å². The molecule has 0 aliphatic rings. The first-order chi connectivity index (χ1) is 13.9. The van der Waals surface area contributed by atoms with Crippen LogP contribution in [0.1, 0.15) is 12.5 Å². The number of hydrogen-bond acceptors (Lipinski definition) is 7. The summed E-state index contributed by atoms with van der Waals surface area (Å²) in [5.41, 5.74) is -0.161. The Balaban J connectivity index is 2.36. The minimum absolute atomic E-state index is 0.0334. The predicted molar refractivity (Wildman–Crippen MR) is 106 cm³/mol. The third-order valence-corrected chi connectivity index (χ3v) is 3.82. The molecular formula is C20H19N3O6. The van der Waals surface area contributed by atoms with Gasteiger partial charge < -0.3 is 19.5 Å². The van der Waals surface area contributed by atoms with Crippen molar-refractivity contribution in [3.8, 4) is 23.3 Å². The predicted octanol–water partition coefficient (Wildman–Crippen LogP) is 3.56. The molecule has 29 heavy (non-hydrogen) atoms. The molecule has 0 radical (unpaired) electrons. The summed E-state index contributed by atoms with van der Waals surface area (Å²) in [4.78, 5) is 23.2. The van der Waals surface area contributed by atoms with E-state index in [0.29, 0.717) is 18.0 Å². The molecule has 2 aromatic carbocycles. The van der Waals surface area contributed by atoms with E-state index in [2.05, 4.69) is 5.32 Å². The molecule has 9 heteroatoms. The molecule has 0 spiro atoms. The molecule has 0 bridgehead atoms. The zero-order valence-corrected chi connectivity index (χ0v) is 16.1. The SMILES string of the molecule is CCOc1ccc(NC(=O)/C(C#N)=C/c2cc(OC)c(OC)cc2[N+](=O)[O-])cc1. The van der Waals surface area contributed by atoms with Gasteiger partial charge in [0.2, 0.25) is 0 Å². The summed E-state index contributed by atoms with van der Waals surface area (Å²) in [7, 11) is 2.73. The number of benzene rings is 2. The Morgan fingerprint density at radius 3 is 2.34 bits per heavy atom. The van der Waals surface area contributed by atoms with Gasteiger partial charge in [0.1, 0.15) is 17.4 Å². The number of methoxy groups -OCH3 is 2. The standard InChI is InChI=1S/C20H19N3O6/c1-4-29-16-7-5-15(6-8-16)22-20(24)14(12-21)9-13-10-18(27-2)19(28-3)11-17(13)23(25)26/h5-11H,4H2,1-3H3,(H,22,24)/b14-9+. The van der Waals surface area contributed by atoms with Crippen LogP contribution in [0.2, 0.25) is 0 Å². The maximum atomic E-state index is 12.5. The number of nitriles is 1. The third kappa shape index (κ3) is 5.23. The summed E-state index contributed by atoms with van der Waals surface area (Å²) >= 11 is 0. The maximum Gasteiger partial charge on any atom is 0.280 e. The summed E-state index contributed by atoms with van der Waals surface area (Å²) in [5.74, 6) is 0.325. The average molecular weight is 397 g/mol. The Morgan fingerprint density at radius 2 is 1.83 bits per heavy atom. The molecule has 9 nitrogen and oxygen atoms in total. The van der Waals surface area contributed by atoms with E-state index in [4.69, 9.17) is 14.2 Å². The van der Waals surface area contributed by atoms with Crippen LogP contribution in [0.5, 0.6) is 17.2 Å². The van der Waals surface area contributed by atoms with E-state index in [0.717, 1.165) is 6.08 Å². The number of rotatable bonds is 8. The fraction of sp³-hybridized carbons (Fsp3) is 0.200. The summed E-state index contributed by atoms with van der Waals surface area (Å²) in [5, 5.41) is 23.3. The number of nitro benzene ring substituents is 1. The van der Waals surface area contributed by atoms with Crippen molar-refractivity contribution >= 4 is 23.4 Å². The van der Waals surface area contributed by atoms with Gasteiger partial charge in [-0.1, -0.05) is 0 Å². The van der Waals surface area contributed by atoms with Crippen LogP contribution in [0.25, 0.3) is 6.08 Å². The second-order valence-corrected chi connectivity index (χ2v) is 5.60. The zero-order valence-electron chi connectivity index (χ0n) is 16.1. The van der Waals surface area contributed by atoms with Gasteiger partial charge in [-0.25, -0.2) is 0 Å². The van der Waals surface area contributed by atoms with Crippen molar-refractivity contribution in [2.75, 3.05) is 26.1 Å². The second kappa shape index (κ2) is 9.75. The van der Waals surface area contributed by atoms with Gasteiger partial charge in [0.05, 0.1) is 37.4 Å². The highest BCUT2D eigenvalue weighted by Crippen LogP contribution is 2.35. The zero-order chi connectivity index (χ0) is 21.4. The van der Waals surface area contributed by atoms with Gasteiger partial charge in [0.15, 0.2) is 11.5 Å². The molecule has 2 aromatic rings. The molecule has 0 atom stereocenters. The Hall–Kier alpha value is -4.06. The third-order valence-electron chi connectivity index (χ3n) is 3.82. The number of hydrogen-bond donors (Lipinski definition) is 1. The van der Waals surface area contributed by atoms with E-state index in [-0.39, 0.29) is 28.3 Å². The van der Waals surface area contributed by atoms with Gasteiger partial charge in [0, 0.05) is 5.69 Å². The summed E-state index contributed by atoms with van der Waals surface area (Å²) in [6.45, 7) is 2.37. The number of carbonyl (C=O) groups excluding carboxylic acids is 1. The van der Waals surface area contributed by atoms with Crippen molar-refractivity contribution in [2.24, 2.45) is 0 Å². The summed E-state index contributed by atoms with van der Waals surface area (Å²) < 4.78 is 15.5. The highest BCUT2D eigenvalue weighted by molar-refractivity contribution is 6.10. The van der Waals surface area contributed by atoms with E-state index in [1.165, 1.54) is 26.4 Å². The fourth-order valence-electron chi connectivity index (χ4n) is 2.46. The molecule has 0 saturated heterocycles. The van der Waals surface area contributed by atoms with Crippen LogP contribution in [-0.4, -0.2) is 31.7 Å². The number of amides is 1. The van der Waals surface area contributed by atoms with Crippen molar-refractivity contribution in [3.05, 3.63) is 57.6 Å². The number of anilines is 1. The molecule has 1 amide bonds. The van der Waals surface area contributed by atoms with Crippen LogP contribution in [-0.2, 0) is 4.79 Å². The van der Waals surface area contributed by atoms with Crippen molar-refractivity contribution in [1.29, 1.82) is 5.26 Å². The van der Waals surface area contributed by atoms with Crippen LogP contribution in [0.15, 0.2) is 42.0 Å². The molecule has 0 aliphatic carbocycles. The van der Waals surface area contributed by atoms with Gasteiger partial charge in [-0.15, -0.1) is 0 Å². The Morgan fingerprint density at radius 1 is 1.21 bits per heavy atom. The normalized spacial score (nSPS) is 10.6. The highest BCUT2D eigenvalue weighted by Gasteiger charge is 2.20. The minimum Gasteiger partial charge on any atom is -0.494 e. The average Bonchev–Trinajstić information content (AvgIpc) is 2.72. The molecule has 0 heterocycles. The lowest BCUT2D eigenvalue weighted by Gasteiger charge is -2.09. The van der Waals surface area contributed by atoms with Crippen molar-refractivity contribution in [3.63, 3.8) is 0 Å². The lowest BCUT2D eigenvalue weighted by atomic mass is 10.1. The topological polar surface area (TPSA) is 124 Å². The monoisotopic (exact) mass is 397 g/mol. The second-order valence-electron chi connectivity index (χ2n) is 5.60. The van der Waals surface area contributed by atoms with Gasteiger partial charge >= 0.3 is 0 Å².